The second-order valence-corrected chi connectivity index (χ2v) is 11.1. The van der Waals surface area contributed by atoms with Crippen LogP contribution < -0.4 is 10.6 Å². The average Bonchev–Trinajstić information content (AvgIpc) is 2.91. The van der Waals surface area contributed by atoms with Crippen molar-refractivity contribution in [2.24, 2.45) is 34.5 Å². The van der Waals surface area contributed by atoms with Crippen LogP contribution in [-0.4, -0.2) is 23.4 Å². The molecule has 0 aromatic rings. The Morgan fingerprint density at radius 1 is 1.11 bits per heavy atom. The summed E-state index contributed by atoms with van der Waals surface area (Å²) in [5, 5.41) is 6.48. The first-order valence-electron chi connectivity index (χ1n) is 10.9. The summed E-state index contributed by atoms with van der Waals surface area (Å²) in [6.45, 7) is 11.0. The number of carbonyl (C=O) groups excluding carboxylic acids is 2. The topological polar surface area (TPSA) is 58.2 Å². The van der Waals surface area contributed by atoms with Crippen LogP contribution in [0.4, 0.5) is 0 Å². The fourth-order valence-corrected chi connectivity index (χ4v) is 7.22. The van der Waals surface area contributed by atoms with Gasteiger partial charge in [0.05, 0.1) is 0 Å². The number of fused-ring (bicyclic) bond motifs is 5. The maximum absolute atomic E-state index is 13.0. The van der Waals surface area contributed by atoms with Crippen LogP contribution in [0.15, 0.2) is 12.2 Å². The van der Waals surface area contributed by atoms with Gasteiger partial charge in [0, 0.05) is 22.9 Å². The van der Waals surface area contributed by atoms with E-state index in [1.165, 1.54) is 19.3 Å². The Morgan fingerprint density at radius 2 is 1.85 bits per heavy atom. The molecule has 27 heavy (non-hydrogen) atoms. The zero-order valence-electron chi connectivity index (χ0n) is 17.6. The first-order chi connectivity index (χ1) is 12.5. The Hall–Kier alpha value is -1.32. The van der Waals surface area contributed by atoms with Crippen LogP contribution in [0.25, 0.3) is 0 Å². The molecule has 4 heteroatoms. The van der Waals surface area contributed by atoms with E-state index in [9.17, 15) is 9.59 Å². The van der Waals surface area contributed by atoms with Crippen LogP contribution in [0.3, 0.4) is 0 Å². The highest BCUT2D eigenvalue weighted by atomic mass is 16.2. The van der Waals surface area contributed by atoms with Crippen LogP contribution in [0.5, 0.6) is 0 Å². The van der Waals surface area contributed by atoms with Crippen molar-refractivity contribution in [3.05, 3.63) is 12.2 Å². The number of hydrogen-bond acceptors (Lipinski definition) is 2. The lowest BCUT2D eigenvalue weighted by Gasteiger charge is -2.58. The third-order valence-corrected chi connectivity index (χ3v) is 8.50. The van der Waals surface area contributed by atoms with E-state index in [1.807, 2.05) is 0 Å². The highest BCUT2D eigenvalue weighted by molar-refractivity contribution is 5.89. The predicted molar refractivity (Wildman–Crippen MR) is 107 cm³/mol. The Balaban J connectivity index is 1.58. The maximum atomic E-state index is 13.0. The lowest BCUT2D eigenvalue weighted by atomic mass is 9.48. The number of hydrogen-bond donors (Lipinski definition) is 2. The van der Waals surface area contributed by atoms with E-state index < -0.39 is 0 Å². The molecule has 2 unspecified atom stereocenters. The van der Waals surface area contributed by atoms with E-state index in [4.69, 9.17) is 0 Å². The van der Waals surface area contributed by atoms with Crippen molar-refractivity contribution in [2.45, 2.75) is 84.7 Å². The van der Waals surface area contributed by atoms with Crippen LogP contribution in [0.2, 0.25) is 0 Å². The Bertz CT molecular complexity index is 678. The molecule has 7 atom stereocenters. The lowest BCUT2D eigenvalue weighted by molar-refractivity contribution is -0.135. The summed E-state index contributed by atoms with van der Waals surface area (Å²) in [7, 11) is 0. The summed E-state index contributed by atoms with van der Waals surface area (Å²) in [4.78, 5) is 24.9. The number of rotatable bonds is 1. The van der Waals surface area contributed by atoms with Crippen molar-refractivity contribution in [3.8, 4) is 0 Å². The molecule has 4 nitrogen and oxygen atoms in total. The average molecular weight is 373 g/mol. The largest absolute Gasteiger partial charge is 0.351 e. The monoisotopic (exact) mass is 372 g/mol. The van der Waals surface area contributed by atoms with Crippen LogP contribution in [-0.2, 0) is 9.59 Å². The highest BCUT2D eigenvalue weighted by Crippen LogP contribution is 2.65. The molecule has 4 rings (SSSR count). The molecule has 2 N–H and O–H groups in total. The molecule has 3 aliphatic carbocycles. The molecule has 1 aliphatic heterocycles. The quantitative estimate of drug-likeness (QED) is 0.735. The summed E-state index contributed by atoms with van der Waals surface area (Å²) < 4.78 is 0. The van der Waals surface area contributed by atoms with E-state index in [2.05, 4.69) is 51.3 Å². The highest BCUT2D eigenvalue weighted by Gasteiger charge is 2.60. The molecular formula is C23H36N2O2. The summed E-state index contributed by atoms with van der Waals surface area (Å²) in [5.41, 5.74) is 0.0323. The minimum atomic E-state index is -0.167. The van der Waals surface area contributed by atoms with E-state index >= 15 is 0 Å². The fraction of sp³-hybridized carbons (Fsp3) is 0.826. The number of amides is 2. The van der Waals surface area contributed by atoms with E-state index in [-0.39, 0.29) is 40.1 Å². The van der Waals surface area contributed by atoms with Crippen LogP contribution >= 0.6 is 0 Å². The molecule has 3 saturated carbocycles. The molecule has 1 heterocycles. The van der Waals surface area contributed by atoms with Gasteiger partial charge in [-0.2, -0.15) is 0 Å². The minimum Gasteiger partial charge on any atom is -0.351 e. The standard InChI is InChI=1S/C23H36N2O2/c1-21(2,3)25-20(27)17-8-7-15-14-6-9-18-23(5,13-11-19(26)24-18)16(14)10-12-22(15,17)4/h11,13-18H,6-10,12H2,1-5H3,(H,24,26)(H,25,27)/t14?,15-,16?,17+,18+,22-,23+/m0/s1. The number of nitrogens with one attached hydrogen (secondary N) is 2. The molecule has 0 aromatic carbocycles. The molecule has 150 valence electrons. The molecule has 4 aliphatic rings. The first-order valence-corrected chi connectivity index (χ1v) is 10.9. The molecular weight excluding hydrogens is 336 g/mol. The maximum Gasteiger partial charge on any atom is 0.243 e. The van der Waals surface area contributed by atoms with Gasteiger partial charge in [0.2, 0.25) is 11.8 Å². The van der Waals surface area contributed by atoms with E-state index in [0.29, 0.717) is 17.8 Å². The summed E-state index contributed by atoms with van der Waals surface area (Å²) in [6, 6.07) is 0.280. The van der Waals surface area contributed by atoms with Gasteiger partial charge >= 0.3 is 0 Å². The summed E-state index contributed by atoms with van der Waals surface area (Å²) >= 11 is 0. The van der Waals surface area contributed by atoms with Gasteiger partial charge in [-0.15, -0.1) is 0 Å². The summed E-state index contributed by atoms with van der Waals surface area (Å²) in [5.74, 6) is 2.41. The van der Waals surface area contributed by atoms with Gasteiger partial charge in [-0.25, -0.2) is 0 Å². The van der Waals surface area contributed by atoms with Crippen LogP contribution in [0, 0.1) is 34.5 Å². The Morgan fingerprint density at radius 3 is 2.56 bits per heavy atom. The smallest absolute Gasteiger partial charge is 0.243 e. The Kier molecular flexibility index (Phi) is 4.29. The SMILES string of the molecule is CC(C)(C)NC(=O)[C@H]1CC[C@H]2C3CC[C@H]4NC(=O)C=C[C@]4(C)C3CC[C@]12C. The zero-order valence-corrected chi connectivity index (χ0v) is 17.6. The van der Waals surface area contributed by atoms with Gasteiger partial charge in [-0.3, -0.25) is 9.59 Å². The zero-order chi connectivity index (χ0) is 19.6. The second-order valence-electron chi connectivity index (χ2n) is 11.1. The van der Waals surface area contributed by atoms with Crippen molar-refractivity contribution in [1.82, 2.24) is 10.6 Å². The van der Waals surface area contributed by atoms with Crippen LogP contribution in [0.1, 0.15) is 73.1 Å². The van der Waals surface area contributed by atoms with E-state index in [0.717, 1.165) is 19.3 Å². The molecule has 0 spiro atoms. The third kappa shape index (κ3) is 2.94. The van der Waals surface area contributed by atoms with Crippen molar-refractivity contribution < 1.29 is 9.59 Å². The number of carbonyl (C=O) groups is 2. The molecule has 2 amide bonds. The first kappa shape index (κ1) is 19.0. The van der Waals surface area contributed by atoms with Gasteiger partial charge in [-0.1, -0.05) is 19.9 Å². The van der Waals surface area contributed by atoms with Gasteiger partial charge in [-0.05, 0) is 88.5 Å². The van der Waals surface area contributed by atoms with E-state index in [1.54, 1.807) is 6.08 Å². The normalized spacial score (nSPS) is 46.1. The van der Waals surface area contributed by atoms with Gasteiger partial charge in [0.15, 0.2) is 0 Å². The molecule has 0 saturated heterocycles. The van der Waals surface area contributed by atoms with Gasteiger partial charge in [0.1, 0.15) is 0 Å². The predicted octanol–water partition coefficient (Wildman–Crippen LogP) is 3.81. The third-order valence-electron chi connectivity index (χ3n) is 8.50. The summed E-state index contributed by atoms with van der Waals surface area (Å²) in [6.07, 6.45) is 10.7. The lowest BCUT2D eigenvalue weighted by Crippen LogP contribution is -2.59. The van der Waals surface area contributed by atoms with Crippen molar-refractivity contribution in [1.29, 1.82) is 0 Å². The van der Waals surface area contributed by atoms with Crippen molar-refractivity contribution in [3.63, 3.8) is 0 Å². The van der Waals surface area contributed by atoms with Crippen molar-refractivity contribution >= 4 is 11.8 Å². The Labute approximate surface area is 163 Å². The minimum absolute atomic E-state index is 0.0661. The molecule has 0 radical (unpaired) electrons. The molecule has 0 aromatic heterocycles. The van der Waals surface area contributed by atoms with Gasteiger partial charge in [0.25, 0.3) is 0 Å². The molecule has 0 bridgehead atoms. The van der Waals surface area contributed by atoms with Gasteiger partial charge < -0.3 is 10.6 Å². The van der Waals surface area contributed by atoms with Crippen molar-refractivity contribution in [2.75, 3.05) is 0 Å². The fourth-order valence-electron chi connectivity index (χ4n) is 7.22. The molecule has 3 fully saturated rings. The second kappa shape index (κ2) is 6.09.